The maximum absolute atomic E-state index is 12.8. The van der Waals surface area contributed by atoms with Crippen molar-refractivity contribution in [3.63, 3.8) is 0 Å². The van der Waals surface area contributed by atoms with Gasteiger partial charge < -0.3 is 9.64 Å². The molecule has 0 spiro atoms. The van der Waals surface area contributed by atoms with Gasteiger partial charge in [0.2, 0.25) is 5.91 Å². The lowest BCUT2D eigenvalue weighted by Gasteiger charge is -2.31. The number of carbonyl (C=O) groups excluding carboxylic acids is 1. The molecule has 1 aliphatic heterocycles. The number of amides is 1. The predicted molar refractivity (Wildman–Crippen MR) is 88.3 cm³/mol. The zero-order chi connectivity index (χ0) is 17.0. The van der Waals surface area contributed by atoms with Crippen LogP contribution in [0.3, 0.4) is 0 Å². The van der Waals surface area contributed by atoms with E-state index in [1.54, 1.807) is 24.3 Å². The first kappa shape index (κ1) is 17.9. The first-order valence-corrected chi connectivity index (χ1v) is 8.38. The molecule has 1 heterocycles. The summed E-state index contributed by atoms with van der Waals surface area (Å²) in [5.41, 5.74) is 1.05. The monoisotopic (exact) mass is 448 g/mol. The molecular formula is C15H12Br2F2N2O2. The van der Waals surface area contributed by atoms with E-state index in [1.807, 2.05) is 6.07 Å². The van der Waals surface area contributed by atoms with Gasteiger partial charge in [0.1, 0.15) is 11.8 Å². The minimum atomic E-state index is -2.63. The van der Waals surface area contributed by atoms with Gasteiger partial charge in [-0.25, -0.2) is 8.78 Å². The zero-order valence-corrected chi connectivity index (χ0v) is 15.0. The van der Waals surface area contributed by atoms with Crippen LogP contribution in [-0.4, -0.2) is 35.2 Å². The average Bonchev–Trinajstić information content (AvgIpc) is 2.50. The number of allylic oxidation sites excluding steroid dienone is 1. The summed E-state index contributed by atoms with van der Waals surface area (Å²) in [7, 11) is 0. The maximum atomic E-state index is 12.8. The third-order valence-corrected chi connectivity index (χ3v) is 4.60. The van der Waals surface area contributed by atoms with E-state index < -0.39 is 17.8 Å². The van der Waals surface area contributed by atoms with Crippen LogP contribution in [0.5, 0.6) is 5.75 Å². The SMILES string of the molecule is N#CCOc1ccc(C2=CCC(Br)C(=O)N2CC(F)F)c(Br)c1. The van der Waals surface area contributed by atoms with Crippen molar-refractivity contribution in [3.05, 3.63) is 34.3 Å². The number of carbonyl (C=O) groups is 1. The van der Waals surface area contributed by atoms with Crippen molar-refractivity contribution in [2.24, 2.45) is 0 Å². The van der Waals surface area contributed by atoms with Gasteiger partial charge in [0.25, 0.3) is 6.43 Å². The molecule has 1 aromatic rings. The fraction of sp³-hybridized carbons (Fsp3) is 0.333. The molecule has 0 radical (unpaired) electrons. The lowest BCUT2D eigenvalue weighted by molar-refractivity contribution is -0.129. The van der Waals surface area contributed by atoms with Crippen molar-refractivity contribution in [2.45, 2.75) is 17.7 Å². The number of alkyl halides is 3. The van der Waals surface area contributed by atoms with Crippen LogP contribution in [0.4, 0.5) is 8.78 Å². The standard InChI is InChI=1S/C15H12Br2F2N2O2/c16-11-3-4-13(21(15(11)22)8-14(18)19)10-2-1-9(7-12(10)17)23-6-5-20/h1-2,4,7,11,14H,3,6,8H2. The van der Waals surface area contributed by atoms with Gasteiger partial charge in [-0.2, -0.15) is 5.26 Å². The van der Waals surface area contributed by atoms with E-state index in [0.29, 0.717) is 27.9 Å². The summed E-state index contributed by atoms with van der Waals surface area (Å²) in [5.74, 6) is 0.0863. The molecular weight excluding hydrogens is 438 g/mol. The minimum Gasteiger partial charge on any atom is -0.479 e. The molecule has 0 aliphatic carbocycles. The van der Waals surface area contributed by atoms with Crippen molar-refractivity contribution in [1.82, 2.24) is 4.90 Å². The molecule has 0 aromatic heterocycles. The Kier molecular flexibility index (Phi) is 6.13. The van der Waals surface area contributed by atoms with Crippen molar-refractivity contribution in [1.29, 1.82) is 5.26 Å². The minimum absolute atomic E-state index is 0.0876. The van der Waals surface area contributed by atoms with Gasteiger partial charge in [0, 0.05) is 15.7 Å². The summed E-state index contributed by atoms with van der Waals surface area (Å²) >= 11 is 6.56. The molecule has 1 amide bonds. The number of halogens is 4. The Hall–Kier alpha value is -1.46. The molecule has 0 saturated heterocycles. The number of nitriles is 1. The summed E-state index contributed by atoms with van der Waals surface area (Å²) in [6.45, 7) is -0.748. The summed E-state index contributed by atoms with van der Waals surface area (Å²) in [4.78, 5) is 12.8. The molecule has 122 valence electrons. The van der Waals surface area contributed by atoms with Crippen molar-refractivity contribution >= 4 is 43.5 Å². The number of nitrogens with zero attached hydrogens (tertiary/aromatic N) is 2. The quantitative estimate of drug-likeness (QED) is 0.639. The van der Waals surface area contributed by atoms with Crippen LogP contribution < -0.4 is 4.74 Å². The average molecular weight is 450 g/mol. The highest BCUT2D eigenvalue weighted by Crippen LogP contribution is 2.35. The van der Waals surface area contributed by atoms with Crippen LogP contribution in [-0.2, 0) is 4.79 Å². The fourth-order valence-electron chi connectivity index (χ4n) is 2.20. The molecule has 0 N–H and O–H groups in total. The topological polar surface area (TPSA) is 53.3 Å². The van der Waals surface area contributed by atoms with E-state index in [4.69, 9.17) is 10.00 Å². The van der Waals surface area contributed by atoms with Gasteiger partial charge in [-0.05, 0) is 40.5 Å². The zero-order valence-electron chi connectivity index (χ0n) is 11.8. The Balaban J connectivity index is 2.34. The van der Waals surface area contributed by atoms with E-state index >= 15 is 0 Å². The Morgan fingerprint density at radius 1 is 1.48 bits per heavy atom. The van der Waals surface area contributed by atoms with Crippen LogP contribution in [0.25, 0.3) is 5.70 Å². The van der Waals surface area contributed by atoms with Crippen molar-refractivity contribution in [3.8, 4) is 11.8 Å². The number of rotatable bonds is 5. The molecule has 23 heavy (non-hydrogen) atoms. The molecule has 1 aliphatic rings. The first-order chi connectivity index (χ1) is 10.9. The first-order valence-electron chi connectivity index (χ1n) is 6.67. The van der Waals surface area contributed by atoms with Gasteiger partial charge in [0.15, 0.2) is 6.61 Å². The summed E-state index contributed by atoms with van der Waals surface area (Å²) < 4.78 is 31.4. The number of hydrogen-bond donors (Lipinski definition) is 0. The van der Waals surface area contributed by atoms with E-state index in [2.05, 4.69) is 31.9 Å². The highest BCUT2D eigenvalue weighted by Gasteiger charge is 2.31. The molecule has 8 heteroatoms. The van der Waals surface area contributed by atoms with Gasteiger partial charge >= 0.3 is 0 Å². The van der Waals surface area contributed by atoms with Gasteiger partial charge in [-0.3, -0.25) is 4.79 Å². The fourth-order valence-corrected chi connectivity index (χ4v) is 3.20. The predicted octanol–water partition coefficient (Wildman–Crippen LogP) is 3.95. The Bertz CT molecular complexity index is 674. The molecule has 1 aromatic carbocycles. The van der Waals surface area contributed by atoms with Crippen molar-refractivity contribution < 1.29 is 18.3 Å². The lowest BCUT2D eigenvalue weighted by Crippen LogP contribution is -2.41. The number of ether oxygens (including phenoxy) is 1. The largest absolute Gasteiger partial charge is 0.479 e. The number of benzene rings is 1. The Morgan fingerprint density at radius 3 is 2.83 bits per heavy atom. The highest BCUT2D eigenvalue weighted by molar-refractivity contribution is 9.10. The van der Waals surface area contributed by atoms with E-state index in [1.165, 1.54) is 0 Å². The second kappa shape index (κ2) is 7.88. The molecule has 0 saturated carbocycles. The molecule has 1 atom stereocenters. The van der Waals surface area contributed by atoms with Crippen molar-refractivity contribution in [2.75, 3.05) is 13.2 Å². The lowest BCUT2D eigenvalue weighted by atomic mass is 10.0. The van der Waals surface area contributed by atoms with Crippen LogP contribution in [0.2, 0.25) is 0 Å². The molecule has 1 unspecified atom stereocenters. The van der Waals surface area contributed by atoms with Crippen LogP contribution in [0, 0.1) is 11.3 Å². The van der Waals surface area contributed by atoms with E-state index in [0.717, 1.165) is 4.90 Å². The van der Waals surface area contributed by atoms with Crippen LogP contribution in [0.15, 0.2) is 28.7 Å². The Labute approximate surface area is 149 Å². The highest BCUT2D eigenvalue weighted by atomic mass is 79.9. The molecule has 0 fully saturated rings. The molecule has 0 bridgehead atoms. The third kappa shape index (κ3) is 4.30. The normalized spacial score (nSPS) is 17.9. The maximum Gasteiger partial charge on any atom is 0.256 e. The third-order valence-electron chi connectivity index (χ3n) is 3.18. The van der Waals surface area contributed by atoms with Crippen LogP contribution >= 0.6 is 31.9 Å². The Morgan fingerprint density at radius 2 is 2.22 bits per heavy atom. The van der Waals surface area contributed by atoms with Gasteiger partial charge in [-0.15, -0.1) is 0 Å². The molecule has 2 rings (SSSR count). The number of hydrogen-bond acceptors (Lipinski definition) is 3. The van der Waals surface area contributed by atoms with Gasteiger partial charge in [-0.1, -0.05) is 22.0 Å². The van der Waals surface area contributed by atoms with Crippen LogP contribution in [0.1, 0.15) is 12.0 Å². The molecule has 4 nitrogen and oxygen atoms in total. The summed E-state index contributed by atoms with van der Waals surface area (Å²) in [5, 5.41) is 8.51. The smallest absolute Gasteiger partial charge is 0.256 e. The summed E-state index contributed by atoms with van der Waals surface area (Å²) in [6.07, 6.45) is -0.455. The second-order valence-corrected chi connectivity index (χ2v) is 6.68. The van der Waals surface area contributed by atoms with Gasteiger partial charge in [0.05, 0.1) is 11.4 Å². The second-order valence-electron chi connectivity index (χ2n) is 4.72. The summed E-state index contributed by atoms with van der Waals surface area (Å²) in [6, 6.07) is 6.80. The van der Waals surface area contributed by atoms with E-state index in [9.17, 15) is 13.6 Å². The van der Waals surface area contributed by atoms with E-state index in [-0.39, 0.29) is 12.5 Å².